The van der Waals surface area contributed by atoms with Crippen molar-refractivity contribution in [3.05, 3.63) is 24.0 Å². The third-order valence-electron chi connectivity index (χ3n) is 1.18. The molecule has 2 aromatic heterocycles. The maximum absolute atomic E-state index is 4.12. The van der Waals surface area contributed by atoms with Crippen molar-refractivity contribution in [2.75, 3.05) is 0 Å². The molecule has 4 heteroatoms. The van der Waals surface area contributed by atoms with Crippen molar-refractivity contribution in [2.45, 2.75) is 0 Å². The van der Waals surface area contributed by atoms with Gasteiger partial charge in [-0.2, -0.15) is 5.10 Å². The Morgan fingerprint density at radius 2 is 2.50 bits per heavy atom. The molecule has 0 aliphatic rings. The lowest BCUT2D eigenvalue weighted by Crippen LogP contribution is -1.66. The SMILES string of the molecule is c1csc(-c2cn[nH]c2)n1. The van der Waals surface area contributed by atoms with Crippen LogP contribution in [0.15, 0.2) is 24.0 Å². The highest BCUT2D eigenvalue weighted by molar-refractivity contribution is 7.13. The van der Waals surface area contributed by atoms with Crippen LogP contribution in [-0.4, -0.2) is 15.2 Å². The molecule has 0 fully saturated rings. The molecule has 0 aliphatic heterocycles. The molecule has 2 aromatic rings. The van der Waals surface area contributed by atoms with Crippen molar-refractivity contribution in [1.29, 1.82) is 0 Å². The first-order valence-electron chi connectivity index (χ1n) is 2.85. The fourth-order valence-corrected chi connectivity index (χ4v) is 1.35. The lowest BCUT2D eigenvalue weighted by molar-refractivity contribution is 1.09. The van der Waals surface area contributed by atoms with Crippen LogP contribution in [0.1, 0.15) is 0 Å². The van der Waals surface area contributed by atoms with Crippen molar-refractivity contribution in [2.24, 2.45) is 0 Å². The Hall–Kier alpha value is -1.16. The van der Waals surface area contributed by atoms with Gasteiger partial charge in [-0.3, -0.25) is 5.10 Å². The van der Waals surface area contributed by atoms with Gasteiger partial charge in [-0.25, -0.2) is 4.98 Å². The van der Waals surface area contributed by atoms with Gasteiger partial charge >= 0.3 is 0 Å². The summed E-state index contributed by atoms with van der Waals surface area (Å²) in [5, 5.41) is 9.51. The van der Waals surface area contributed by atoms with Crippen LogP contribution in [0.25, 0.3) is 10.6 Å². The maximum atomic E-state index is 4.12. The Kier molecular flexibility index (Phi) is 1.25. The van der Waals surface area contributed by atoms with Crippen molar-refractivity contribution in [1.82, 2.24) is 15.2 Å². The van der Waals surface area contributed by atoms with E-state index in [0.717, 1.165) is 10.6 Å². The molecule has 0 aromatic carbocycles. The lowest BCUT2D eigenvalue weighted by atomic mass is 10.4. The van der Waals surface area contributed by atoms with E-state index in [-0.39, 0.29) is 0 Å². The third kappa shape index (κ3) is 0.823. The second-order valence-corrected chi connectivity index (χ2v) is 2.72. The Labute approximate surface area is 61.7 Å². The van der Waals surface area contributed by atoms with Crippen LogP contribution in [0, 0.1) is 0 Å². The first-order valence-corrected chi connectivity index (χ1v) is 3.73. The molecular weight excluding hydrogens is 146 g/mol. The van der Waals surface area contributed by atoms with Crippen LogP contribution >= 0.6 is 11.3 Å². The number of rotatable bonds is 1. The number of nitrogens with one attached hydrogen (secondary N) is 1. The van der Waals surface area contributed by atoms with Gasteiger partial charge in [-0.05, 0) is 0 Å². The van der Waals surface area contributed by atoms with Crippen molar-refractivity contribution in [3.63, 3.8) is 0 Å². The Balaban J connectivity index is 2.48. The first kappa shape index (κ1) is 5.61. The molecule has 10 heavy (non-hydrogen) atoms. The minimum Gasteiger partial charge on any atom is -0.285 e. The molecule has 2 rings (SSSR count). The number of H-pyrrole nitrogens is 1. The molecule has 0 radical (unpaired) electrons. The first-order chi connectivity index (χ1) is 4.97. The molecule has 0 amide bonds. The van der Waals surface area contributed by atoms with E-state index in [4.69, 9.17) is 0 Å². The van der Waals surface area contributed by atoms with Gasteiger partial charge in [0.2, 0.25) is 0 Å². The summed E-state index contributed by atoms with van der Waals surface area (Å²) >= 11 is 1.61. The predicted molar refractivity (Wildman–Crippen MR) is 39.7 cm³/mol. The van der Waals surface area contributed by atoms with Crippen molar-refractivity contribution >= 4 is 11.3 Å². The van der Waals surface area contributed by atoms with Gasteiger partial charge in [-0.1, -0.05) is 0 Å². The fraction of sp³-hybridized carbons (Fsp3) is 0. The molecule has 0 aliphatic carbocycles. The lowest BCUT2D eigenvalue weighted by Gasteiger charge is -1.82. The molecule has 0 saturated carbocycles. The zero-order valence-electron chi connectivity index (χ0n) is 5.11. The van der Waals surface area contributed by atoms with Gasteiger partial charge < -0.3 is 0 Å². The minimum absolute atomic E-state index is 1.01. The molecule has 2 heterocycles. The average Bonchev–Trinajstić information content (AvgIpc) is 2.59. The molecule has 0 spiro atoms. The van der Waals surface area contributed by atoms with Crippen LogP contribution in [0.5, 0.6) is 0 Å². The molecule has 50 valence electrons. The largest absolute Gasteiger partial charge is 0.285 e. The van der Waals surface area contributed by atoms with E-state index < -0.39 is 0 Å². The summed E-state index contributed by atoms with van der Waals surface area (Å²) < 4.78 is 0. The number of aromatic nitrogens is 3. The smallest absolute Gasteiger partial charge is 0.126 e. The van der Waals surface area contributed by atoms with E-state index in [2.05, 4.69) is 15.2 Å². The Morgan fingerprint density at radius 1 is 1.50 bits per heavy atom. The molecule has 0 atom stereocenters. The predicted octanol–water partition coefficient (Wildman–Crippen LogP) is 1.53. The van der Waals surface area contributed by atoms with Crippen molar-refractivity contribution in [3.8, 4) is 10.6 Å². The number of hydrogen-bond donors (Lipinski definition) is 1. The minimum atomic E-state index is 1.01. The zero-order chi connectivity index (χ0) is 6.81. The summed E-state index contributed by atoms with van der Waals surface area (Å²) in [7, 11) is 0. The van der Waals surface area contributed by atoms with Crippen LogP contribution in [0.3, 0.4) is 0 Å². The number of nitrogens with zero attached hydrogens (tertiary/aromatic N) is 2. The second-order valence-electron chi connectivity index (χ2n) is 1.82. The molecule has 0 unspecified atom stereocenters. The summed E-state index contributed by atoms with van der Waals surface area (Å²) in [4.78, 5) is 4.12. The molecular formula is C6H5N3S. The summed E-state index contributed by atoms with van der Waals surface area (Å²) in [5.74, 6) is 0. The monoisotopic (exact) mass is 151 g/mol. The maximum Gasteiger partial charge on any atom is 0.126 e. The van der Waals surface area contributed by atoms with Gasteiger partial charge in [-0.15, -0.1) is 11.3 Å². The number of thiazole rings is 1. The normalized spacial score (nSPS) is 10.0. The van der Waals surface area contributed by atoms with Gasteiger partial charge in [0.1, 0.15) is 5.01 Å². The average molecular weight is 151 g/mol. The van der Waals surface area contributed by atoms with E-state index in [9.17, 15) is 0 Å². The van der Waals surface area contributed by atoms with Crippen LogP contribution in [0.4, 0.5) is 0 Å². The second kappa shape index (κ2) is 2.22. The molecule has 1 N–H and O–H groups in total. The van der Waals surface area contributed by atoms with E-state index in [1.165, 1.54) is 0 Å². The highest BCUT2D eigenvalue weighted by Gasteiger charge is 1.98. The van der Waals surface area contributed by atoms with Crippen LogP contribution < -0.4 is 0 Å². The van der Waals surface area contributed by atoms with E-state index in [1.54, 1.807) is 23.7 Å². The summed E-state index contributed by atoms with van der Waals surface area (Å²) in [5.41, 5.74) is 1.05. The van der Waals surface area contributed by atoms with Crippen LogP contribution in [0.2, 0.25) is 0 Å². The quantitative estimate of drug-likeness (QED) is 0.671. The highest BCUT2D eigenvalue weighted by Crippen LogP contribution is 2.18. The van der Waals surface area contributed by atoms with E-state index in [0.29, 0.717) is 0 Å². The zero-order valence-corrected chi connectivity index (χ0v) is 5.93. The van der Waals surface area contributed by atoms with Gasteiger partial charge in [0.05, 0.1) is 6.20 Å². The van der Waals surface area contributed by atoms with Crippen molar-refractivity contribution < 1.29 is 0 Å². The number of hydrogen-bond acceptors (Lipinski definition) is 3. The topological polar surface area (TPSA) is 41.6 Å². The van der Waals surface area contributed by atoms with E-state index in [1.807, 2.05) is 11.6 Å². The standard InChI is InChI=1S/C6H5N3S/c1-2-10-6(7-1)5-3-8-9-4-5/h1-4H,(H,8,9). The fourth-order valence-electron chi connectivity index (χ4n) is 0.734. The van der Waals surface area contributed by atoms with Gasteiger partial charge in [0.25, 0.3) is 0 Å². The third-order valence-corrected chi connectivity index (χ3v) is 2.00. The molecule has 0 bridgehead atoms. The molecule has 3 nitrogen and oxygen atoms in total. The Morgan fingerprint density at radius 3 is 3.10 bits per heavy atom. The number of aromatic amines is 1. The van der Waals surface area contributed by atoms with Gasteiger partial charge in [0.15, 0.2) is 0 Å². The summed E-state index contributed by atoms with van der Waals surface area (Å²) in [6.45, 7) is 0. The summed E-state index contributed by atoms with van der Waals surface area (Å²) in [6.07, 6.45) is 5.38. The highest BCUT2D eigenvalue weighted by atomic mass is 32.1. The van der Waals surface area contributed by atoms with Crippen LogP contribution in [-0.2, 0) is 0 Å². The summed E-state index contributed by atoms with van der Waals surface area (Å²) in [6, 6.07) is 0. The Bertz CT molecular complexity index is 252. The van der Waals surface area contributed by atoms with E-state index >= 15 is 0 Å². The van der Waals surface area contributed by atoms with Gasteiger partial charge in [0, 0.05) is 23.3 Å². The molecule has 0 saturated heterocycles.